The molecule has 1 atom stereocenters. The van der Waals surface area contributed by atoms with Crippen LogP contribution >= 0.6 is 0 Å². The van der Waals surface area contributed by atoms with Crippen LogP contribution in [0.4, 0.5) is 0 Å². The van der Waals surface area contributed by atoms with Gasteiger partial charge in [0.15, 0.2) is 5.69 Å². The van der Waals surface area contributed by atoms with Crippen LogP contribution in [0.25, 0.3) is 5.69 Å². The Bertz CT molecular complexity index is 721. The van der Waals surface area contributed by atoms with Crippen LogP contribution in [0, 0.1) is 5.92 Å². The van der Waals surface area contributed by atoms with Gasteiger partial charge in [-0.25, -0.2) is 4.68 Å². The zero-order chi connectivity index (χ0) is 16.4. The van der Waals surface area contributed by atoms with Crippen LogP contribution in [0.1, 0.15) is 33.8 Å². The molecule has 0 saturated heterocycles. The van der Waals surface area contributed by atoms with E-state index in [2.05, 4.69) is 10.4 Å². The van der Waals surface area contributed by atoms with Crippen molar-refractivity contribution in [2.24, 2.45) is 17.4 Å². The fourth-order valence-electron chi connectivity index (χ4n) is 2.54. The minimum absolute atomic E-state index is 0.0543. The number of nitrogens with one attached hydrogen (secondary N) is 1. The summed E-state index contributed by atoms with van der Waals surface area (Å²) in [7, 11) is 0. The lowest BCUT2D eigenvalue weighted by Gasteiger charge is -2.14. The summed E-state index contributed by atoms with van der Waals surface area (Å²) in [5, 5.41) is 7.12. The highest BCUT2D eigenvalue weighted by Gasteiger charge is 2.32. The smallest absolute Gasteiger partial charge is 0.272 e. The summed E-state index contributed by atoms with van der Waals surface area (Å²) in [5.74, 6) is -0.543. The molecule has 0 bridgehead atoms. The predicted octanol–water partition coefficient (Wildman–Crippen LogP) is 0.438. The number of carbonyl (C=O) groups excluding carboxylic acids is 2. The van der Waals surface area contributed by atoms with Crippen LogP contribution in [-0.4, -0.2) is 34.2 Å². The number of nitrogens with two attached hydrogens (primary N) is 2. The standard InChI is InChI=1S/C16H19N5O2/c17-9-13(10-6-7-10)19-16(23)12-8-14(15(18)22)21(20-12)11-4-2-1-3-5-11/h1-5,8,10,13H,6-7,9,17H2,(H2,18,22)(H,19,23). The van der Waals surface area contributed by atoms with Crippen LogP contribution in [0.15, 0.2) is 36.4 Å². The molecule has 1 aliphatic rings. The molecule has 1 aliphatic carbocycles. The number of hydrogen-bond donors (Lipinski definition) is 3. The average molecular weight is 313 g/mol. The molecule has 2 amide bonds. The first-order valence-corrected chi connectivity index (χ1v) is 7.56. The summed E-state index contributed by atoms with van der Waals surface area (Å²) in [6, 6.07) is 10.4. The van der Waals surface area contributed by atoms with Crippen molar-refractivity contribution in [3.05, 3.63) is 47.8 Å². The number of primary amides is 1. The van der Waals surface area contributed by atoms with Gasteiger partial charge in [0.25, 0.3) is 11.8 Å². The van der Waals surface area contributed by atoms with Gasteiger partial charge in [-0.05, 0) is 30.9 Å². The molecule has 2 aromatic rings. The molecule has 0 radical (unpaired) electrons. The number of benzene rings is 1. The molecule has 23 heavy (non-hydrogen) atoms. The van der Waals surface area contributed by atoms with Gasteiger partial charge in [-0.1, -0.05) is 18.2 Å². The van der Waals surface area contributed by atoms with Gasteiger partial charge in [0.2, 0.25) is 0 Å². The maximum Gasteiger partial charge on any atom is 0.272 e. The molecule has 1 aromatic heterocycles. The van der Waals surface area contributed by atoms with E-state index < -0.39 is 5.91 Å². The second kappa shape index (κ2) is 6.21. The number of aromatic nitrogens is 2. The zero-order valence-corrected chi connectivity index (χ0v) is 12.6. The molecular weight excluding hydrogens is 294 g/mol. The van der Waals surface area contributed by atoms with Crippen LogP contribution in [0.2, 0.25) is 0 Å². The molecule has 1 saturated carbocycles. The highest BCUT2D eigenvalue weighted by molar-refractivity contribution is 5.97. The summed E-state index contributed by atoms with van der Waals surface area (Å²) in [5.41, 5.74) is 12.1. The lowest BCUT2D eigenvalue weighted by Crippen LogP contribution is -2.41. The lowest BCUT2D eigenvalue weighted by atomic mass is 10.2. The molecule has 3 rings (SSSR count). The van der Waals surface area contributed by atoms with E-state index in [-0.39, 0.29) is 23.3 Å². The molecule has 0 spiro atoms. The lowest BCUT2D eigenvalue weighted by molar-refractivity contribution is 0.0927. The molecule has 7 heteroatoms. The van der Waals surface area contributed by atoms with Gasteiger partial charge in [0.05, 0.1) is 5.69 Å². The molecule has 0 aliphatic heterocycles. The number of rotatable bonds is 6. The quantitative estimate of drug-likeness (QED) is 0.717. The van der Waals surface area contributed by atoms with Gasteiger partial charge in [0, 0.05) is 18.7 Å². The van der Waals surface area contributed by atoms with Crippen molar-refractivity contribution >= 4 is 11.8 Å². The molecule has 1 aromatic carbocycles. The third-order valence-corrected chi connectivity index (χ3v) is 3.96. The van der Waals surface area contributed by atoms with Crippen LogP contribution in [-0.2, 0) is 0 Å². The highest BCUT2D eigenvalue weighted by Crippen LogP contribution is 2.32. The molecule has 1 fully saturated rings. The number of nitrogens with zero attached hydrogens (tertiary/aromatic N) is 2. The first-order chi connectivity index (χ1) is 11.1. The summed E-state index contributed by atoms with van der Waals surface area (Å²) < 4.78 is 1.38. The summed E-state index contributed by atoms with van der Waals surface area (Å²) in [6.07, 6.45) is 2.15. The Hall–Kier alpha value is -2.67. The molecular formula is C16H19N5O2. The van der Waals surface area contributed by atoms with Crippen molar-refractivity contribution in [2.45, 2.75) is 18.9 Å². The minimum Gasteiger partial charge on any atom is -0.364 e. The molecule has 1 unspecified atom stereocenters. The van der Waals surface area contributed by atoms with Gasteiger partial charge in [-0.3, -0.25) is 9.59 Å². The van der Waals surface area contributed by atoms with Crippen molar-refractivity contribution in [3.63, 3.8) is 0 Å². The summed E-state index contributed by atoms with van der Waals surface area (Å²) in [6.45, 7) is 0.387. The molecule has 120 valence electrons. The second-order valence-electron chi connectivity index (χ2n) is 5.68. The highest BCUT2D eigenvalue weighted by atomic mass is 16.2. The van der Waals surface area contributed by atoms with Crippen molar-refractivity contribution in [3.8, 4) is 5.69 Å². The Morgan fingerprint density at radius 2 is 2.00 bits per heavy atom. The topological polar surface area (TPSA) is 116 Å². The van der Waals surface area contributed by atoms with E-state index in [4.69, 9.17) is 11.5 Å². The maximum atomic E-state index is 12.4. The van der Waals surface area contributed by atoms with Crippen LogP contribution < -0.4 is 16.8 Å². The number of carbonyl (C=O) groups is 2. The maximum absolute atomic E-state index is 12.4. The van der Waals surface area contributed by atoms with E-state index in [1.807, 2.05) is 18.2 Å². The molecule has 5 N–H and O–H groups in total. The molecule has 7 nitrogen and oxygen atoms in total. The Labute approximate surface area is 133 Å². The minimum atomic E-state index is -0.641. The van der Waals surface area contributed by atoms with E-state index in [0.29, 0.717) is 18.2 Å². The third-order valence-electron chi connectivity index (χ3n) is 3.96. The fourth-order valence-corrected chi connectivity index (χ4v) is 2.54. The molecule has 1 heterocycles. The van der Waals surface area contributed by atoms with E-state index in [1.165, 1.54) is 10.7 Å². The first kappa shape index (κ1) is 15.2. The zero-order valence-electron chi connectivity index (χ0n) is 12.6. The largest absolute Gasteiger partial charge is 0.364 e. The van der Waals surface area contributed by atoms with E-state index >= 15 is 0 Å². The average Bonchev–Trinajstić information content (AvgIpc) is 3.30. The third kappa shape index (κ3) is 3.24. The van der Waals surface area contributed by atoms with E-state index in [9.17, 15) is 9.59 Å². The van der Waals surface area contributed by atoms with E-state index in [1.54, 1.807) is 12.1 Å². The van der Waals surface area contributed by atoms with Gasteiger partial charge in [-0.15, -0.1) is 0 Å². The Kier molecular flexibility index (Phi) is 4.12. The summed E-state index contributed by atoms with van der Waals surface area (Å²) >= 11 is 0. The Balaban J connectivity index is 1.88. The Morgan fingerprint density at radius 3 is 2.57 bits per heavy atom. The predicted molar refractivity (Wildman–Crippen MR) is 85.1 cm³/mol. The van der Waals surface area contributed by atoms with Crippen molar-refractivity contribution in [1.29, 1.82) is 0 Å². The first-order valence-electron chi connectivity index (χ1n) is 7.56. The van der Waals surface area contributed by atoms with Crippen LogP contribution in [0.5, 0.6) is 0 Å². The van der Waals surface area contributed by atoms with E-state index in [0.717, 1.165) is 12.8 Å². The van der Waals surface area contributed by atoms with Crippen molar-refractivity contribution in [1.82, 2.24) is 15.1 Å². The van der Waals surface area contributed by atoms with Crippen molar-refractivity contribution < 1.29 is 9.59 Å². The van der Waals surface area contributed by atoms with Crippen LogP contribution in [0.3, 0.4) is 0 Å². The summed E-state index contributed by atoms with van der Waals surface area (Å²) in [4.78, 5) is 24.0. The Morgan fingerprint density at radius 1 is 1.30 bits per heavy atom. The fraction of sp³-hybridized carbons (Fsp3) is 0.312. The normalized spacial score (nSPS) is 15.2. The van der Waals surface area contributed by atoms with Gasteiger partial charge >= 0.3 is 0 Å². The second-order valence-corrected chi connectivity index (χ2v) is 5.68. The van der Waals surface area contributed by atoms with Gasteiger partial charge < -0.3 is 16.8 Å². The number of hydrogen-bond acceptors (Lipinski definition) is 4. The van der Waals surface area contributed by atoms with Gasteiger partial charge in [0.1, 0.15) is 5.69 Å². The SMILES string of the molecule is NCC(NC(=O)c1cc(C(N)=O)n(-c2ccccc2)n1)C1CC1. The van der Waals surface area contributed by atoms with Gasteiger partial charge in [-0.2, -0.15) is 5.10 Å². The number of amides is 2. The monoisotopic (exact) mass is 313 g/mol. The number of para-hydroxylation sites is 1. The van der Waals surface area contributed by atoms with Crippen molar-refractivity contribution in [2.75, 3.05) is 6.54 Å².